The second-order valence-corrected chi connectivity index (χ2v) is 11.8. The molecule has 5 rings (SSSR count). The highest BCUT2D eigenvalue weighted by Gasteiger charge is 2.15. The second kappa shape index (κ2) is 12.5. The standard InChI is InChI=1S/C32H28N4O7S/c1-4-42-31(39)23-9-13-25(14-10-23)43-32-34-20(2)27-17-18-28(37)36(29(27)35-32)24-11-7-22(8-12-24)30(38)33-19-21-5-15-26(16-6-21)44(3,40)41/h5-18H,4,19H2,1-3H3,(H,33,38). The number of sulfone groups is 1. The van der Waals surface area contributed by atoms with Gasteiger partial charge in [-0.1, -0.05) is 12.1 Å². The number of ether oxygens (including phenoxy) is 2. The number of carbonyl (C=O) groups excluding carboxylic acids is 2. The van der Waals surface area contributed by atoms with Gasteiger partial charge in [-0.3, -0.25) is 14.2 Å². The Kier molecular flexibility index (Phi) is 8.54. The summed E-state index contributed by atoms with van der Waals surface area (Å²) in [4.78, 5) is 46.9. The molecule has 0 radical (unpaired) electrons. The molecule has 5 aromatic rings. The number of fused-ring (bicyclic) bond motifs is 1. The van der Waals surface area contributed by atoms with Gasteiger partial charge in [0.15, 0.2) is 15.5 Å². The molecule has 2 aromatic heterocycles. The molecule has 0 saturated carbocycles. The smallest absolute Gasteiger partial charge is 0.338 e. The molecule has 0 aliphatic carbocycles. The molecule has 0 spiro atoms. The number of nitrogens with zero attached hydrogens (tertiary/aromatic N) is 3. The summed E-state index contributed by atoms with van der Waals surface area (Å²) < 4.78 is 35.6. The molecule has 0 atom stereocenters. The van der Waals surface area contributed by atoms with E-state index in [4.69, 9.17) is 9.47 Å². The number of aryl methyl sites for hydroxylation is 1. The maximum Gasteiger partial charge on any atom is 0.338 e. The van der Waals surface area contributed by atoms with Crippen molar-refractivity contribution in [2.24, 2.45) is 0 Å². The van der Waals surface area contributed by atoms with Gasteiger partial charge in [0.1, 0.15) is 5.75 Å². The fraction of sp³-hybridized carbons (Fsp3) is 0.156. The molecule has 0 fully saturated rings. The number of nitrogens with one attached hydrogen (secondary N) is 1. The van der Waals surface area contributed by atoms with Crippen LogP contribution >= 0.6 is 0 Å². The Labute approximate surface area is 253 Å². The third-order valence-electron chi connectivity index (χ3n) is 6.69. The molecule has 11 nitrogen and oxygen atoms in total. The van der Waals surface area contributed by atoms with E-state index in [1.807, 2.05) is 0 Å². The number of esters is 1. The first-order valence-corrected chi connectivity index (χ1v) is 15.5. The summed E-state index contributed by atoms with van der Waals surface area (Å²) in [5.41, 5.74) is 2.54. The molecule has 0 unspecified atom stereocenters. The van der Waals surface area contributed by atoms with Crippen LogP contribution in [0.3, 0.4) is 0 Å². The average molecular weight is 613 g/mol. The molecular formula is C32H28N4O7S. The van der Waals surface area contributed by atoms with E-state index in [-0.39, 0.29) is 35.5 Å². The topological polar surface area (TPSA) is 147 Å². The van der Waals surface area contributed by atoms with Crippen molar-refractivity contribution in [1.82, 2.24) is 19.9 Å². The summed E-state index contributed by atoms with van der Waals surface area (Å²) >= 11 is 0. The van der Waals surface area contributed by atoms with Crippen LogP contribution in [0, 0.1) is 6.92 Å². The summed E-state index contributed by atoms with van der Waals surface area (Å²) in [7, 11) is -3.30. The van der Waals surface area contributed by atoms with Gasteiger partial charge in [0.25, 0.3) is 11.5 Å². The quantitative estimate of drug-likeness (QED) is 0.239. The van der Waals surface area contributed by atoms with Gasteiger partial charge in [-0.15, -0.1) is 0 Å². The highest BCUT2D eigenvalue weighted by atomic mass is 32.2. The summed E-state index contributed by atoms with van der Waals surface area (Å²) in [6, 6.07) is 22.2. The summed E-state index contributed by atoms with van der Waals surface area (Å²) in [6.07, 6.45) is 1.14. The molecule has 1 amide bonds. The normalized spacial score (nSPS) is 11.2. The highest BCUT2D eigenvalue weighted by molar-refractivity contribution is 7.90. The number of rotatable bonds is 9. The average Bonchev–Trinajstić information content (AvgIpc) is 3.00. The summed E-state index contributed by atoms with van der Waals surface area (Å²) in [5, 5.41) is 3.45. The fourth-order valence-corrected chi connectivity index (χ4v) is 5.05. The molecule has 0 aliphatic rings. The molecule has 224 valence electrons. The lowest BCUT2D eigenvalue weighted by Gasteiger charge is -2.13. The summed E-state index contributed by atoms with van der Waals surface area (Å²) in [5.74, 6) is -0.384. The largest absolute Gasteiger partial charge is 0.462 e. The van der Waals surface area contributed by atoms with E-state index in [1.165, 1.54) is 22.8 Å². The highest BCUT2D eigenvalue weighted by Crippen LogP contribution is 2.24. The zero-order valence-corrected chi connectivity index (χ0v) is 24.9. The van der Waals surface area contributed by atoms with E-state index in [2.05, 4.69) is 15.3 Å². The van der Waals surface area contributed by atoms with Gasteiger partial charge >= 0.3 is 12.0 Å². The van der Waals surface area contributed by atoms with E-state index < -0.39 is 15.8 Å². The summed E-state index contributed by atoms with van der Waals surface area (Å²) in [6.45, 7) is 3.98. The molecule has 0 aliphatic heterocycles. The fourth-order valence-electron chi connectivity index (χ4n) is 4.42. The van der Waals surface area contributed by atoms with Crippen LogP contribution in [0.25, 0.3) is 16.7 Å². The van der Waals surface area contributed by atoms with E-state index in [0.717, 1.165) is 11.8 Å². The van der Waals surface area contributed by atoms with Gasteiger partial charge in [0, 0.05) is 29.8 Å². The van der Waals surface area contributed by atoms with Gasteiger partial charge in [0.05, 0.1) is 28.4 Å². The predicted molar refractivity (Wildman–Crippen MR) is 163 cm³/mol. The molecule has 3 aromatic carbocycles. The zero-order valence-electron chi connectivity index (χ0n) is 24.1. The van der Waals surface area contributed by atoms with Crippen LogP contribution in [-0.2, 0) is 21.1 Å². The monoisotopic (exact) mass is 612 g/mol. The molecule has 12 heteroatoms. The Morgan fingerprint density at radius 1 is 0.864 bits per heavy atom. The van der Waals surface area contributed by atoms with Gasteiger partial charge in [-0.05, 0) is 86.1 Å². The first kappa shape index (κ1) is 30.1. The van der Waals surface area contributed by atoms with Crippen molar-refractivity contribution in [3.63, 3.8) is 0 Å². The van der Waals surface area contributed by atoms with Crippen LogP contribution < -0.4 is 15.6 Å². The zero-order chi connectivity index (χ0) is 31.4. The molecular weight excluding hydrogens is 584 g/mol. The third kappa shape index (κ3) is 6.65. The lowest BCUT2D eigenvalue weighted by atomic mass is 10.1. The van der Waals surface area contributed by atoms with Crippen molar-refractivity contribution < 1.29 is 27.5 Å². The van der Waals surface area contributed by atoms with Crippen molar-refractivity contribution in [3.8, 4) is 17.4 Å². The Morgan fingerprint density at radius 3 is 2.16 bits per heavy atom. The lowest BCUT2D eigenvalue weighted by molar-refractivity contribution is 0.0526. The Bertz CT molecular complexity index is 2020. The van der Waals surface area contributed by atoms with Gasteiger partial charge in [-0.2, -0.15) is 9.97 Å². The van der Waals surface area contributed by atoms with E-state index in [0.29, 0.717) is 39.3 Å². The maximum absolute atomic E-state index is 13.0. The van der Waals surface area contributed by atoms with Gasteiger partial charge < -0.3 is 14.8 Å². The van der Waals surface area contributed by atoms with Crippen molar-refractivity contribution in [1.29, 1.82) is 0 Å². The Morgan fingerprint density at radius 2 is 1.52 bits per heavy atom. The Balaban J connectivity index is 1.36. The molecule has 1 N–H and O–H groups in total. The molecule has 2 heterocycles. The van der Waals surface area contributed by atoms with Crippen LogP contribution in [0.4, 0.5) is 0 Å². The van der Waals surface area contributed by atoms with Crippen molar-refractivity contribution in [2.45, 2.75) is 25.3 Å². The number of amides is 1. The first-order valence-electron chi connectivity index (χ1n) is 13.6. The number of aromatic nitrogens is 3. The maximum atomic E-state index is 13.0. The van der Waals surface area contributed by atoms with Crippen LogP contribution in [0.5, 0.6) is 11.8 Å². The number of benzene rings is 3. The van der Waals surface area contributed by atoms with E-state index >= 15 is 0 Å². The van der Waals surface area contributed by atoms with Crippen LogP contribution in [0.2, 0.25) is 0 Å². The second-order valence-electron chi connectivity index (χ2n) is 9.83. The van der Waals surface area contributed by atoms with Crippen LogP contribution in [0.1, 0.15) is 38.9 Å². The van der Waals surface area contributed by atoms with E-state index in [9.17, 15) is 22.8 Å². The number of hydrogen-bond acceptors (Lipinski definition) is 9. The number of carbonyl (C=O) groups is 2. The first-order chi connectivity index (χ1) is 21.0. The molecule has 0 bridgehead atoms. The predicted octanol–water partition coefficient (Wildman–Crippen LogP) is 4.39. The van der Waals surface area contributed by atoms with Crippen LogP contribution in [0.15, 0.2) is 94.6 Å². The van der Waals surface area contributed by atoms with Gasteiger partial charge in [0.2, 0.25) is 0 Å². The third-order valence-corrected chi connectivity index (χ3v) is 7.82. The minimum atomic E-state index is -3.30. The lowest BCUT2D eigenvalue weighted by Crippen LogP contribution is -2.23. The van der Waals surface area contributed by atoms with Gasteiger partial charge in [-0.25, -0.2) is 13.2 Å². The molecule has 0 saturated heterocycles. The molecule has 44 heavy (non-hydrogen) atoms. The van der Waals surface area contributed by atoms with Crippen molar-refractivity contribution in [2.75, 3.05) is 12.9 Å². The minimum absolute atomic E-state index is 0.0128. The number of pyridine rings is 1. The SMILES string of the molecule is CCOC(=O)c1ccc(Oc2nc(C)c3ccc(=O)n(-c4ccc(C(=O)NCc5ccc(S(C)(=O)=O)cc5)cc4)c3n2)cc1. The van der Waals surface area contributed by atoms with Crippen molar-refractivity contribution in [3.05, 3.63) is 118 Å². The minimum Gasteiger partial charge on any atom is -0.462 e. The van der Waals surface area contributed by atoms with Crippen LogP contribution in [-0.4, -0.2) is 47.7 Å². The number of hydrogen-bond donors (Lipinski definition) is 1. The van der Waals surface area contributed by atoms with E-state index in [1.54, 1.807) is 80.6 Å². The van der Waals surface area contributed by atoms with Crippen molar-refractivity contribution >= 4 is 32.7 Å². The Hall–Kier alpha value is -5.36.